The van der Waals surface area contributed by atoms with E-state index in [4.69, 9.17) is 4.74 Å². The Hall–Kier alpha value is -3.02. The molecule has 3 rings (SSSR count). The Bertz CT molecular complexity index is 875. The average Bonchev–Trinajstić information content (AvgIpc) is 3.04. The Morgan fingerprint density at radius 3 is 2.65 bits per heavy atom. The van der Waals surface area contributed by atoms with Crippen molar-refractivity contribution in [2.75, 3.05) is 7.11 Å². The van der Waals surface area contributed by atoms with Gasteiger partial charge >= 0.3 is 5.97 Å². The largest absolute Gasteiger partial charge is 0.481 e. The topological polar surface area (TPSA) is 88.9 Å². The van der Waals surface area contributed by atoms with Crippen molar-refractivity contribution in [3.8, 4) is 0 Å². The number of pyridine rings is 1. The molecule has 0 unspecified atom stereocenters. The first-order valence-corrected chi connectivity index (χ1v) is 8.41. The number of benzene rings is 1. The maximum Gasteiger partial charge on any atom is 0.355 e. The minimum atomic E-state index is -1.15. The van der Waals surface area contributed by atoms with E-state index in [1.54, 1.807) is 6.07 Å². The third kappa shape index (κ3) is 3.64. The second kappa shape index (κ2) is 7.47. The van der Waals surface area contributed by atoms with E-state index in [9.17, 15) is 14.7 Å². The Balaban J connectivity index is 1.77. The van der Waals surface area contributed by atoms with Crippen molar-refractivity contribution in [1.29, 1.82) is 0 Å². The molecular formula is C20H20N2O4. The molecule has 1 aromatic carbocycles. The zero-order chi connectivity index (χ0) is 18.7. The van der Waals surface area contributed by atoms with Crippen LogP contribution < -0.4 is 0 Å². The van der Waals surface area contributed by atoms with E-state index in [0.717, 1.165) is 11.1 Å². The van der Waals surface area contributed by atoms with E-state index in [2.05, 4.69) is 9.98 Å². The van der Waals surface area contributed by atoms with Crippen LogP contribution >= 0.6 is 0 Å². The molecule has 134 valence electrons. The number of nitrogens with zero attached hydrogens (tertiary/aromatic N) is 2. The second-order valence-electron chi connectivity index (χ2n) is 6.36. The highest BCUT2D eigenvalue weighted by molar-refractivity contribution is 6.06. The number of fused-ring (bicyclic) bond motifs is 1. The molecule has 0 radical (unpaired) electrons. The number of methoxy groups -OCH3 is 1. The molecule has 6 heteroatoms. The van der Waals surface area contributed by atoms with Crippen LogP contribution in [0.2, 0.25) is 0 Å². The number of ketones is 1. The summed E-state index contributed by atoms with van der Waals surface area (Å²) in [5, 5.41) is 9.46. The molecule has 1 atom stereocenters. The molecule has 26 heavy (non-hydrogen) atoms. The number of aliphatic imine (C=N–C) groups is 1. The van der Waals surface area contributed by atoms with Gasteiger partial charge in [-0.2, -0.15) is 0 Å². The number of carboxylic acid groups (broad SMARTS) is 1. The number of hydrogen-bond acceptors (Lipinski definition) is 5. The van der Waals surface area contributed by atoms with Gasteiger partial charge in [-0.15, -0.1) is 0 Å². The number of aromatic nitrogens is 1. The van der Waals surface area contributed by atoms with Gasteiger partial charge in [0.15, 0.2) is 5.69 Å². The summed E-state index contributed by atoms with van der Waals surface area (Å²) in [5.74, 6) is -0.753. The third-order valence-corrected chi connectivity index (χ3v) is 4.44. The Labute approximate surface area is 151 Å². The Morgan fingerprint density at radius 2 is 2.00 bits per heavy atom. The highest BCUT2D eigenvalue weighted by Crippen LogP contribution is 2.25. The fourth-order valence-corrected chi connectivity index (χ4v) is 3.18. The highest BCUT2D eigenvalue weighted by Gasteiger charge is 2.27. The lowest BCUT2D eigenvalue weighted by atomic mass is 9.94. The smallest absolute Gasteiger partial charge is 0.355 e. The van der Waals surface area contributed by atoms with Gasteiger partial charge in [-0.25, -0.2) is 14.8 Å². The summed E-state index contributed by atoms with van der Waals surface area (Å²) in [6, 6.07) is 11.6. The molecule has 6 nitrogen and oxygen atoms in total. The zero-order valence-corrected chi connectivity index (χ0v) is 14.7. The SMILES string of the molecule is COC1=NCc2cc(CC(=O)C[C@H](C)c3ccccc3)nc(C(=O)O)c21. The summed E-state index contributed by atoms with van der Waals surface area (Å²) in [4.78, 5) is 32.4. The summed E-state index contributed by atoms with van der Waals surface area (Å²) in [7, 11) is 1.45. The van der Waals surface area contributed by atoms with Gasteiger partial charge in [0.05, 0.1) is 19.2 Å². The molecule has 0 saturated carbocycles. The van der Waals surface area contributed by atoms with E-state index in [1.165, 1.54) is 7.11 Å². The van der Waals surface area contributed by atoms with Crippen LogP contribution in [-0.4, -0.2) is 34.9 Å². The van der Waals surface area contributed by atoms with Gasteiger partial charge in [-0.05, 0) is 23.1 Å². The molecule has 1 aliphatic rings. The lowest BCUT2D eigenvalue weighted by molar-refractivity contribution is -0.118. The van der Waals surface area contributed by atoms with E-state index in [0.29, 0.717) is 24.2 Å². The number of carboxylic acids is 1. The molecule has 1 aliphatic heterocycles. The number of hydrogen-bond donors (Lipinski definition) is 1. The lowest BCUT2D eigenvalue weighted by Crippen LogP contribution is -2.16. The lowest BCUT2D eigenvalue weighted by Gasteiger charge is -2.12. The summed E-state index contributed by atoms with van der Waals surface area (Å²) >= 11 is 0. The normalized spacial score (nSPS) is 13.7. The number of ether oxygens (including phenoxy) is 1. The van der Waals surface area contributed by atoms with Crippen LogP contribution in [0.1, 0.15) is 52.1 Å². The van der Waals surface area contributed by atoms with Crippen LogP contribution in [0.3, 0.4) is 0 Å². The van der Waals surface area contributed by atoms with Gasteiger partial charge in [0.25, 0.3) is 0 Å². The minimum absolute atomic E-state index is 0.0241. The fraction of sp³-hybridized carbons (Fsp3) is 0.300. The van der Waals surface area contributed by atoms with Gasteiger partial charge in [-0.1, -0.05) is 37.3 Å². The molecule has 0 amide bonds. The molecule has 0 aliphatic carbocycles. The van der Waals surface area contributed by atoms with Crippen LogP contribution in [0.5, 0.6) is 0 Å². The summed E-state index contributed by atoms with van der Waals surface area (Å²) in [5.41, 5.74) is 2.59. The standard InChI is InChI=1S/C20H20N2O4/c1-12(13-6-4-3-5-7-13)8-16(23)10-15-9-14-11-21-19(26-2)17(14)18(22-15)20(24)25/h3-7,9,12H,8,10-11H2,1-2H3,(H,24,25)/t12-/m0/s1. The first-order valence-electron chi connectivity index (χ1n) is 8.41. The molecule has 0 saturated heterocycles. The Kier molecular flexibility index (Phi) is 5.11. The summed E-state index contributed by atoms with van der Waals surface area (Å²) < 4.78 is 5.13. The van der Waals surface area contributed by atoms with E-state index in [1.807, 2.05) is 37.3 Å². The summed E-state index contributed by atoms with van der Waals surface area (Å²) in [6.45, 7) is 2.34. The number of aromatic carboxylic acids is 1. The maximum absolute atomic E-state index is 12.5. The molecule has 0 bridgehead atoms. The van der Waals surface area contributed by atoms with E-state index >= 15 is 0 Å². The summed E-state index contributed by atoms with van der Waals surface area (Å²) in [6.07, 6.45) is 0.484. The second-order valence-corrected chi connectivity index (χ2v) is 6.36. The Morgan fingerprint density at radius 1 is 1.27 bits per heavy atom. The van der Waals surface area contributed by atoms with Crippen LogP contribution in [-0.2, 0) is 22.5 Å². The molecular weight excluding hydrogens is 332 g/mol. The predicted molar refractivity (Wildman–Crippen MR) is 96.6 cm³/mol. The van der Waals surface area contributed by atoms with Crippen molar-refractivity contribution in [3.05, 3.63) is 64.5 Å². The molecule has 2 heterocycles. The van der Waals surface area contributed by atoms with Crippen LogP contribution in [0.15, 0.2) is 41.4 Å². The fourth-order valence-electron chi connectivity index (χ4n) is 3.18. The molecule has 1 aromatic heterocycles. The van der Waals surface area contributed by atoms with Gasteiger partial charge < -0.3 is 9.84 Å². The quantitative estimate of drug-likeness (QED) is 0.863. The molecule has 2 aromatic rings. The number of Topliss-reactive ketones (excluding diaryl/α,β-unsaturated/α-hetero) is 1. The van der Waals surface area contributed by atoms with Crippen molar-refractivity contribution in [2.24, 2.45) is 4.99 Å². The van der Waals surface area contributed by atoms with Gasteiger partial charge in [0, 0.05) is 18.5 Å². The van der Waals surface area contributed by atoms with E-state index < -0.39 is 5.97 Å². The van der Waals surface area contributed by atoms with Crippen molar-refractivity contribution in [3.63, 3.8) is 0 Å². The van der Waals surface area contributed by atoms with Gasteiger partial charge in [-0.3, -0.25) is 4.79 Å². The third-order valence-electron chi connectivity index (χ3n) is 4.44. The monoisotopic (exact) mass is 352 g/mol. The zero-order valence-electron chi connectivity index (χ0n) is 14.7. The number of carbonyl (C=O) groups excluding carboxylic acids is 1. The maximum atomic E-state index is 12.5. The van der Waals surface area contributed by atoms with Crippen LogP contribution in [0, 0.1) is 0 Å². The number of rotatable bonds is 6. The first-order chi connectivity index (χ1) is 12.5. The molecule has 1 N–H and O–H groups in total. The van der Waals surface area contributed by atoms with Crippen molar-refractivity contribution in [1.82, 2.24) is 4.98 Å². The molecule has 0 fully saturated rings. The van der Waals surface area contributed by atoms with Crippen LogP contribution in [0.4, 0.5) is 0 Å². The first kappa shape index (κ1) is 17.8. The van der Waals surface area contributed by atoms with E-state index in [-0.39, 0.29) is 29.7 Å². The van der Waals surface area contributed by atoms with Crippen molar-refractivity contribution < 1.29 is 19.4 Å². The molecule has 0 spiro atoms. The van der Waals surface area contributed by atoms with Gasteiger partial charge in [0.1, 0.15) is 5.78 Å². The van der Waals surface area contributed by atoms with Gasteiger partial charge in [0.2, 0.25) is 5.90 Å². The van der Waals surface area contributed by atoms with Crippen molar-refractivity contribution in [2.45, 2.75) is 32.2 Å². The predicted octanol–water partition coefficient (Wildman–Crippen LogP) is 2.99. The highest BCUT2D eigenvalue weighted by atomic mass is 16.5. The minimum Gasteiger partial charge on any atom is -0.481 e. The van der Waals surface area contributed by atoms with Crippen molar-refractivity contribution >= 4 is 17.7 Å². The van der Waals surface area contributed by atoms with Crippen LogP contribution in [0.25, 0.3) is 0 Å². The average molecular weight is 352 g/mol. The number of carbonyl (C=O) groups is 2.